The van der Waals surface area contributed by atoms with Crippen LogP contribution in [0.2, 0.25) is 0 Å². The van der Waals surface area contributed by atoms with Gasteiger partial charge in [-0.3, -0.25) is 9.59 Å². The number of carboxylic acid groups (broad SMARTS) is 1. The Morgan fingerprint density at radius 3 is 2.39 bits per heavy atom. The van der Waals surface area contributed by atoms with Crippen molar-refractivity contribution in [3.63, 3.8) is 0 Å². The molecule has 12 atom stereocenters. The van der Waals surface area contributed by atoms with E-state index in [1.807, 2.05) is 6.92 Å². The number of Topliss-reactive ketones (excluding diaryl/α,β-unsaturated/α-hetero) is 1. The van der Waals surface area contributed by atoms with Crippen molar-refractivity contribution < 1.29 is 19.8 Å². The molecule has 8 N–H and O–H groups in total. The number of hydrogen-bond donors (Lipinski definition) is 6. The second kappa shape index (κ2) is 17.3. The summed E-state index contributed by atoms with van der Waals surface area (Å²) in [6.07, 6.45) is 14.4. The topological polar surface area (TPSA) is 151 Å². The summed E-state index contributed by atoms with van der Waals surface area (Å²) in [6, 6.07) is -0.294. The zero-order valence-electron chi connectivity index (χ0n) is 29.5. The minimum Gasteiger partial charge on any atom is -0.480 e. The van der Waals surface area contributed by atoms with Gasteiger partial charge in [-0.15, -0.1) is 0 Å². The molecule has 0 amide bonds. The van der Waals surface area contributed by atoms with Gasteiger partial charge in [0.1, 0.15) is 11.8 Å². The fraction of sp³-hybridized carbons (Fsp3) is 0.946. The molecule has 3 unspecified atom stereocenters. The van der Waals surface area contributed by atoms with Crippen molar-refractivity contribution in [1.82, 2.24) is 10.6 Å². The minimum absolute atomic E-state index is 0.0782. The van der Waals surface area contributed by atoms with E-state index in [-0.39, 0.29) is 23.2 Å². The molecule has 46 heavy (non-hydrogen) atoms. The van der Waals surface area contributed by atoms with Gasteiger partial charge in [0, 0.05) is 29.9 Å². The first-order chi connectivity index (χ1) is 21.9. The third-order valence-corrected chi connectivity index (χ3v) is 14.9. The lowest BCUT2D eigenvalue weighted by Crippen LogP contribution is -2.59. The number of unbranched alkanes of at least 4 members (excludes halogenated alkanes) is 1. The summed E-state index contributed by atoms with van der Waals surface area (Å²) in [5.74, 6) is 3.52. The second-order valence-corrected chi connectivity index (χ2v) is 17.5. The number of aliphatic hydroxyl groups excluding tert-OH is 1. The molecular formula is C37H68N4O4S. The number of carbonyl (C=O) groups is 2. The van der Waals surface area contributed by atoms with E-state index >= 15 is 0 Å². The van der Waals surface area contributed by atoms with Gasteiger partial charge in [0.05, 0.1) is 6.10 Å². The van der Waals surface area contributed by atoms with Crippen LogP contribution in [0.5, 0.6) is 0 Å². The van der Waals surface area contributed by atoms with Crippen LogP contribution in [0.25, 0.3) is 0 Å². The van der Waals surface area contributed by atoms with Gasteiger partial charge >= 0.3 is 5.97 Å². The van der Waals surface area contributed by atoms with Gasteiger partial charge in [0.2, 0.25) is 0 Å². The number of fused-ring (bicyclic) bond motifs is 5. The molecule has 0 aromatic heterocycles. The van der Waals surface area contributed by atoms with Crippen LogP contribution in [0.3, 0.4) is 0 Å². The monoisotopic (exact) mass is 664 g/mol. The smallest absolute Gasteiger partial charge is 0.321 e. The Balaban J connectivity index is 1.25. The zero-order valence-corrected chi connectivity index (χ0v) is 30.3. The molecule has 4 aliphatic carbocycles. The lowest BCUT2D eigenvalue weighted by molar-refractivity contribution is -0.167. The van der Waals surface area contributed by atoms with Crippen LogP contribution >= 0.6 is 11.8 Å². The summed E-state index contributed by atoms with van der Waals surface area (Å²) in [4.78, 5) is 24.0. The largest absolute Gasteiger partial charge is 0.480 e. The number of aliphatic carboxylic acids is 1. The first kappa shape index (κ1) is 38.1. The number of aliphatic hydroxyl groups is 1. The maximum absolute atomic E-state index is 13.0. The van der Waals surface area contributed by atoms with Gasteiger partial charge in [-0.25, -0.2) is 0 Å². The molecule has 8 nitrogen and oxygen atoms in total. The maximum atomic E-state index is 13.0. The molecule has 9 heteroatoms. The lowest BCUT2D eigenvalue weighted by Gasteiger charge is -2.62. The Hall–Kier alpha value is -0.710. The quantitative estimate of drug-likeness (QED) is 0.104. The van der Waals surface area contributed by atoms with Crippen LogP contribution in [-0.4, -0.2) is 77.8 Å². The number of nitrogens with two attached hydrogens (primary N) is 2. The summed E-state index contributed by atoms with van der Waals surface area (Å²) >= 11 is 1.47. The lowest BCUT2D eigenvalue weighted by atomic mass is 9.43. The number of rotatable bonds is 19. The number of carboxylic acids is 1. The van der Waals surface area contributed by atoms with Gasteiger partial charge < -0.3 is 32.3 Å². The van der Waals surface area contributed by atoms with Crippen LogP contribution in [0.1, 0.15) is 111 Å². The Morgan fingerprint density at radius 2 is 1.65 bits per heavy atom. The highest BCUT2D eigenvalue weighted by molar-refractivity contribution is 7.99. The fourth-order valence-electron chi connectivity index (χ4n) is 10.8. The molecule has 0 radical (unpaired) electrons. The van der Waals surface area contributed by atoms with E-state index < -0.39 is 12.0 Å². The minimum atomic E-state index is -0.989. The van der Waals surface area contributed by atoms with Crippen LogP contribution in [-0.2, 0) is 9.59 Å². The van der Waals surface area contributed by atoms with Gasteiger partial charge in [0.15, 0.2) is 0 Å². The van der Waals surface area contributed by atoms with Crippen LogP contribution in [0.15, 0.2) is 0 Å². The molecule has 4 aliphatic rings. The summed E-state index contributed by atoms with van der Waals surface area (Å²) < 4.78 is 0. The van der Waals surface area contributed by atoms with E-state index in [0.717, 1.165) is 58.3 Å². The molecule has 4 saturated carbocycles. The molecule has 266 valence electrons. The Labute approximate surface area is 284 Å². The number of carbonyl (C=O) groups excluding carboxylic acids is 1. The fourth-order valence-corrected chi connectivity index (χ4v) is 11.8. The SMILES string of the molecule is CC(CSCC(N)C(=O)O)C(=O)CC[C@@H](C)C1CC[C@H]2[C@@H]3[C@H](O)C[C@H]4C[C@@H](NCCCNCCCCN)CC[C@]4(C)[C@H]3CC[C@]12C. The highest BCUT2D eigenvalue weighted by Gasteiger charge is 2.62. The molecule has 0 saturated heterocycles. The molecule has 0 bridgehead atoms. The van der Waals surface area contributed by atoms with E-state index in [4.69, 9.17) is 16.6 Å². The van der Waals surface area contributed by atoms with E-state index in [2.05, 4.69) is 31.4 Å². The highest BCUT2D eigenvalue weighted by atomic mass is 32.2. The highest BCUT2D eigenvalue weighted by Crippen LogP contribution is 2.68. The number of ketones is 1. The van der Waals surface area contributed by atoms with E-state index in [0.29, 0.717) is 64.9 Å². The van der Waals surface area contributed by atoms with E-state index in [9.17, 15) is 14.7 Å². The summed E-state index contributed by atoms with van der Waals surface area (Å²) in [5, 5.41) is 28.2. The number of thioether (sulfide) groups is 1. The first-order valence-corrected chi connectivity index (χ1v) is 20.0. The summed E-state index contributed by atoms with van der Waals surface area (Å²) in [6.45, 7) is 13.4. The van der Waals surface area contributed by atoms with Crippen molar-refractivity contribution >= 4 is 23.5 Å². The standard InChI is InChI=1S/C37H68N4O4S/c1-24(8-11-32(42)25(2)22-46-23-31(39)35(44)45)28-9-10-29-34-30(13-15-37(28,29)4)36(3)14-12-27(20-26(36)21-33(34)43)41-19-7-18-40-17-6-5-16-38/h24-31,33-34,40-41,43H,5-23,38-39H2,1-4H3,(H,44,45)/t24-,25?,26-,27+,28?,29+,30+,31?,33-,34+,36+,37-/m1/s1. The third-order valence-electron chi connectivity index (χ3n) is 13.6. The summed E-state index contributed by atoms with van der Waals surface area (Å²) in [7, 11) is 0. The Morgan fingerprint density at radius 1 is 0.935 bits per heavy atom. The predicted molar refractivity (Wildman–Crippen MR) is 190 cm³/mol. The molecule has 4 rings (SSSR count). The van der Waals surface area contributed by atoms with Crippen molar-refractivity contribution in [3.05, 3.63) is 0 Å². The number of nitrogens with one attached hydrogen (secondary N) is 2. The average molecular weight is 665 g/mol. The van der Waals surface area contributed by atoms with E-state index in [1.54, 1.807) is 0 Å². The number of hydrogen-bond acceptors (Lipinski definition) is 8. The van der Waals surface area contributed by atoms with Crippen molar-refractivity contribution in [2.45, 2.75) is 129 Å². The molecule has 0 aromatic carbocycles. The molecular weight excluding hydrogens is 596 g/mol. The van der Waals surface area contributed by atoms with Gasteiger partial charge in [-0.1, -0.05) is 27.7 Å². The normalized spacial score (nSPS) is 37.5. The summed E-state index contributed by atoms with van der Waals surface area (Å²) in [5.41, 5.74) is 11.8. The Kier molecular flexibility index (Phi) is 14.3. The third kappa shape index (κ3) is 8.90. The molecule has 0 aliphatic heterocycles. The van der Waals surface area contributed by atoms with Crippen molar-refractivity contribution in [3.8, 4) is 0 Å². The zero-order chi connectivity index (χ0) is 33.5. The molecule has 0 heterocycles. The van der Waals surface area contributed by atoms with Crippen molar-refractivity contribution in [2.75, 3.05) is 37.7 Å². The van der Waals surface area contributed by atoms with Crippen LogP contribution in [0.4, 0.5) is 0 Å². The van der Waals surface area contributed by atoms with Crippen molar-refractivity contribution in [2.24, 2.45) is 63.7 Å². The van der Waals surface area contributed by atoms with Gasteiger partial charge in [-0.2, -0.15) is 11.8 Å². The van der Waals surface area contributed by atoms with Gasteiger partial charge in [-0.05, 0) is 150 Å². The van der Waals surface area contributed by atoms with Crippen molar-refractivity contribution in [1.29, 1.82) is 0 Å². The molecule has 4 fully saturated rings. The van der Waals surface area contributed by atoms with Crippen LogP contribution in [0, 0.1) is 52.3 Å². The maximum Gasteiger partial charge on any atom is 0.321 e. The molecule has 0 spiro atoms. The second-order valence-electron chi connectivity index (χ2n) is 16.4. The van der Waals surface area contributed by atoms with Gasteiger partial charge in [0.25, 0.3) is 0 Å². The first-order valence-electron chi connectivity index (χ1n) is 18.8. The van der Waals surface area contributed by atoms with Crippen LogP contribution < -0.4 is 22.1 Å². The molecule has 0 aromatic rings. The van der Waals surface area contributed by atoms with E-state index in [1.165, 1.54) is 56.7 Å². The Bertz CT molecular complexity index is 987. The predicted octanol–water partition coefficient (Wildman–Crippen LogP) is 5.06. The average Bonchev–Trinajstić information content (AvgIpc) is 3.38.